The molecule has 7 heteroatoms. The fourth-order valence-corrected chi connectivity index (χ4v) is 3.23. The van der Waals surface area contributed by atoms with E-state index in [2.05, 4.69) is 5.32 Å². The predicted molar refractivity (Wildman–Crippen MR) is 102 cm³/mol. The highest BCUT2D eigenvalue weighted by Crippen LogP contribution is 2.31. The van der Waals surface area contributed by atoms with E-state index in [0.29, 0.717) is 24.0 Å². The maximum absolute atomic E-state index is 13.2. The van der Waals surface area contributed by atoms with Crippen LogP contribution in [-0.2, 0) is 4.79 Å². The topological polar surface area (TPSA) is 67.8 Å². The average Bonchev–Trinajstić information content (AvgIpc) is 2.66. The van der Waals surface area contributed by atoms with Gasteiger partial charge in [0.05, 0.1) is 6.61 Å². The molecule has 1 aliphatic heterocycles. The van der Waals surface area contributed by atoms with E-state index in [0.717, 1.165) is 25.1 Å². The second-order valence-corrected chi connectivity index (χ2v) is 6.38. The molecular weight excluding hydrogens is 373 g/mol. The maximum atomic E-state index is 13.2. The third-order valence-corrected chi connectivity index (χ3v) is 4.56. The van der Waals surface area contributed by atoms with Crippen LogP contribution in [0.1, 0.15) is 17.9 Å². The molecule has 0 aliphatic carbocycles. The molecule has 1 fully saturated rings. The standard InChI is InChI=1S/C20H22FNO4.ClH/c21-16-3-1-14(2-4-16)19-9-10-22-11-15(19)12-25-17-5-7-18(8-6-17)26-13-20(23)24;/h1-8,15,19,22H,9-13H2,(H,23,24);1H/t15-,19-;/m0./s1. The molecule has 3 rings (SSSR count). The first-order valence-electron chi connectivity index (χ1n) is 8.65. The minimum Gasteiger partial charge on any atom is -0.493 e. The minimum atomic E-state index is -1.01. The molecule has 0 aromatic heterocycles. The monoisotopic (exact) mass is 395 g/mol. The summed E-state index contributed by atoms with van der Waals surface area (Å²) in [6.07, 6.45) is 0.988. The van der Waals surface area contributed by atoms with E-state index in [-0.39, 0.29) is 30.7 Å². The first-order valence-corrected chi connectivity index (χ1v) is 8.65. The van der Waals surface area contributed by atoms with Gasteiger partial charge >= 0.3 is 5.97 Å². The number of hydrogen-bond donors (Lipinski definition) is 2. The van der Waals surface area contributed by atoms with Gasteiger partial charge in [0.1, 0.15) is 17.3 Å². The van der Waals surface area contributed by atoms with Crippen LogP contribution < -0.4 is 14.8 Å². The van der Waals surface area contributed by atoms with Crippen molar-refractivity contribution in [2.45, 2.75) is 12.3 Å². The Balaban J connectivity index is 0.00000261. The lowest BCUT2D eigenvalue weighted by atomic mass is 9.81. The first kappa shape index (κ1) is 21.0. The summed E-state index contributed by atoms with van der Waals surface area (Å²) in [5.74, 6) is 0.578. The molecule has 2 N–H and O–H groups in total. The first-order chi connectivity index (χ1) is 12.6. The maximum Gasteiger partial charge on any atom is 0.341 e. The Morgan fingerprint density at radius 2 is 1.70 bits per heavy atom. The summed E-state index contributed by atoms with van der Waals surface area (Å²) < 4.78 is 24.2. The van der Waals surface area contributed by atoms with E-state index in [1.54, 1.807) is 24.3 Å². The van der Waals surface area contributed by atoms with Crippen LogP contribution in [0.3, 0.4) is 0 Å². The second kappa shape index (κ2) is 10.1. The SMILES string of the molecule is Cl.O=C(O)COc1ccc(OC[C@@H]2CNCC[C@H]2c2ccc(F)cc2)cc1. The molecule has 0 spiro atoms. The molecule has 0 bridgehead atoms. The lowest BCUT2D eigenvalue weighted by molar-refractivity contribution is -0.139. The molecular formula is C20H23ClFNO4. The number of halogens is 2. The highest BCUT2D eigenvalue weighted by molar-refractivity contribution is 5.85. The lowest BCUT2D eigenvalue weighted by Crippen LogP contribution is -2.38. The summed E-state index contributed by atoms with van der Waals surface area (Å²) in [4.78, 5) is 10.5. The lowest BCUT2D eigenvalue weighted by Gasteiger charge is -2.32. The van der Waals surface area contributed by atoms with Crippen molar-refractivity contribution in [1.29, 1.82) is 0 Å². The van der Waals surface area contributed by atoms with Crippen molar-refractivity contribution < 1.29 is 23.8 Å². The van der Waals surface area contributed by atoms with Gasteiger partial charge in [-0.05, 0) is 60.8 Å². The molecule has 0 amide bonds. The number of benzene rings is 2. The van der Waals surface area contributed by atoms with Crippen LogP contribution in [0.2, 0.25) is 0 Å². The highest BCUT2D eigenvalue weighted by atomic mass is 35.5. The van der Waals surface area contributed by atoms with Crippen LogP contribution in [0.5, 0.6) is 11.5 Å². The van der Waals surface area contributed by atoms with Gasteiger partial charge in [-0.25, -0.2) is 9.18 Å². The van der Waals surface area contributed by atoms with Gasteiger partial charge in [0.25, 0.3) is 0 Å². The van der Waals surface area contributed by atoms with Gasteiger partial charge in [0.2, 0.25) is 0 Å². The molecule has 2 atom stereocenters. The predicted octanol–water partition coefficient (Wildman–Crippen LogP) is 3.48. The van der Waals surface area contributed by atoms with Crippen molar-refractivity contribution in [3.8, 4) is 11.5 Å². The van der Waals surface area contributed by atoms with E-state index in [1.807, 2.05) is 12.1 Å². The second-order valence-electron chi connectivity index (χ2n) is 6.38. The van der Waals surface area contributed by atoms with Gasteiger partial charge in [-0.3, -0.25) is 0 Å². The fraction of sp³-hybridized carbons (Fsp3) is 0.350. The Kier molecular flexibility index (Phi) is 7.88. The third kappa shape index (κ3) is 6.12. The zero-order valence-corrected chi connectivity index (χ0v) is 15.6. The average molecular weight is 396 g/mol. The Morgan fingerprint density at radius 3 is 2.33 bits per heavy atom. The number of carboxylic acid groups (broad SMARTS) is 1. The summed E-state index contributed by atoms with van der Waals surface area (Å²) in [5, 5.41) is 12.0. The van der Waals surface area contributed by atoms with Gasteiger partial charge in [0, 0.05) is 12.5 Å². The number of piperidine rings is 1. The summed E-state index contributed by atoms with van der Waals surface area (Å²) in [7, 11) is 0. The summed E-state index contributed by atoms with van der Waals surface area (Å²) in [6, 6.07) is 13.6. The number of rotatable bonds is 7. The molecule has 27 heavy (non-hydrogen) atoms. The Hall–Kier alpha value is -2.31. The van der Waals surface area contributed by atoms with E-state index in [1.165, 1.54) is 12.1 Å². The third-order valence-electron chi connectivity index (χ3n) is 4.56. The molecule has 0 unspecified atom stereocenters. The van der Waals surface area contributed by atoms with Gasteiger partial charge in [0.15, 0.2) is 6.61 Å². The molecule has 1 saturated heterocycles. The Bertz CT molecular complexity index is 724. The summed E-state index contributed by atoms with van der Waals surface area (Å²) >= 11 is 0. The van der Waals surface area contributed by atoms with Gasteiger partial charge < -0.3 is 19.9 Å². The fourth-order valence-electron chi connectivity index (χ4n) is 3.23. The normalized spacial score (nSPS) is 19.0. The molecule has 0 saturated carbocycles. The van der Waals surface area contributed by atoms with E-state index in [9.17, 15) is 9.18 Å². The molecule has 0 radical (unpaired) electrons. The Labute approximate surface area is 163 Å². The van der Waals surface area contributed by atoms with E-state index >= 15 is 0 Å². The smallest absolute Gasteiger partial charge is 0.341 e. The zero-order chi connectivity index (χ0) is 18.4. The molecule has 5 nitrogen and oxygen atoms in total. The van der Waals surface area contributed by atoms with Crippen LogP contribution in [0.4, 0.5) is 4.39 Å². The van der Waals surface area contributed by atoms with E-state index in [4.69, 9.17) is 14.6 Å². The molecule has 1 heterocycles. The van der Waals surface area contributed by atoms with Crippen LogP contribution in [0.15, 0.2) is 48.5 Å². The zero-order valence-electron chi connectivity index (χ0n) is 14.8. The van der Waals surface area contributed by atoms with E-state index < -0.39 is 5.97 Å². The molecule has 2 aromatic rings. The minimum absolute atomic E-state index is 0. The van der Waals surface area contributed by atoms with Crippen molar-refractivity contribution in [3.05, 3.63) is 59.9 Å². The molecule has 2 aromatic carbocycles. The van der Waals surface area contributed by atoms with Crippen molar-refractivity contribution in [3.63, 3.8) is 0 Å². The summed E-state index contributed by atoms with van der Waals surface area (Å²) in [5.41, 5.74) is 1.14. The van der Waals surface area contributed by atoms with Gasteiger partial charge in [-0.1, -0.05) is 12.1 Å². The van der Waals surface area contributed by atoms with Crippen molar-refractivity contribution >= 4 is 18.4 Å². The van der Waals surface area contributed by atoms with Crippen molar-refractivity contribution in [1.82, 2.24) is 5.32 Å². The van der Waals surface area contributed by atoms with Crippen LogP contribution in [0, 0.1) is 11.7 Å². The number of ether oxygens (including phenoxy) is 2. The van der Waals surface area contributed by atoms with Crippen molar-refractivity contribution in [2.24, 2.45) is 5.92 Å². The van der Waals surface area contributed by atoms with Crippen molar-refractivity contribution in [2.75, 3.05) is 26.3 Å². The van der Waals surface area contributed by atoms with Gasteiger partial charge in [-0.2, -0.15) is 0 Å². The summed E-state index contributed by atoms with van der Waals surface area (Å²) in [6.45, 7) is 1.97. The number of aliphatic carboxylic acids is 1. The number of nitrogens with one attached hydrogen (secondary N) is 1. The Morgan fingerprint density at radius 1 is 1.07 bits per heavy atom. The number of hydrogen-bond acceptors (Lipinski definition) is 4. The number of carbonyl (C=O) groups is 1. The molecule has 1 aliphatic rings. The van der Waals surface area contributed by atoms with Crippen LogP contribution in [-0.4, -0.2) is 37.4 Å². The molecule has 146 valence electrons. The quantitative estimate of drug-likeness (QED) is 0.751. The van der Waals surface area contributed by atoms with Gasteiger partial charge in [-0.15, -0.1) is 12.4 Å². The number of carboxylic acids is 1. The largest absolute Gasteiger partial charge is 0.493 e. The van der Waals surface area contributed by atoms with Crippen LogP contribution in [0.25, 0.3) is 0 Å². The van der Waals surface area contributed by atoms with Crippen LogP contribution >= 0.6 is 12.4 Å². The highest BCUT2D eigenvalue weighted by Gasteiger charge is 2.27.